The highest BCUT2D eigenvalue weighted by atomic mass is 32.2. The van der Waals surface area contributed by atoms with Gasteiger partial charge in [0.2, 0.25) is 0 Å². The van der Waals surface area contributed by atoms with Gasteiger partial charge in [-0.05, 0) is 42.9 Å². The van der Waals surface area contributed by atoms with Crippen molar-refractivity contribution < 1.29 is 14.3 Å². The number of benzene rings is 2. The molecule has 2 aromatic carbocycles. The maximum absolute atomic E-state index is 13.1. The van der Waals surface area contributed by atoms with Gasteiger partial charge in [0.25, 0.3) is 11.8 Å². The van der Waals surface area contributed by atoms with Crippen molar-refractivity contribution >= 4 is 29.1 Å². The fourth-order valence-electron chi connectivity index (χ4n) is 2.97. The normalized spacial score (nSPS) is 14.4. The first-order valence-electron chi connectivity index (χ1n) is 9.05. The van der Waals surface area contributed by atoms with Gasteiger partial charge in [0.1, 0.15) is 5.75 Å². The van der Waals surface area contributed by atoms with E-state index in [0.29, 0.717) is 10.5 Å². The molecular weight excluding hydrogens is 358 g/mol. The van der Waals surface area contributed by atoms with Crippen molar-refractivity contribution in [1.82, 2.24) is 4.90 Å². The molecule has 0 saturated carbocycles. The molecule has 2 aromatic rings. The molecule has 3 rings (SSSR count). The fourth-order valence-corrected chi connectivity index (χ4v) is 3.84. The zero-order valence-electron chi connectivity index (χ0n) is 15.8. The molecule has 27 heavy (non-hydrogen) atoms. The van der Waals surface area contributed by atoms with Gasteiger partial charge in [-0.2, -0.15) is 0 Å². The zero-order chi connectivity index (χ0) is 19.4. The van der Waals surface area contributed by atoms with Crippen LogP contribution in [0.25, 0.3) is 5.57 Å². The first-order chi connectivity index (χ1) is 13.0. The van der Waals surface area contributed by atoms with Gasteiger partial charge in [0, 0.05) is 0 Å². The van der Waals surface area contributed by atoms with Crippen molar-refractivity contribution in [3.05, 3.63) is 70.6 Å². The number of carbonyl (C=O) groups is 2. The van der Waals surface area contributed by atoms with Crippen LogP contribution in [0.2, 0.25) is 0 Å². The molecule has 0 aliphatic carbocycles. The molecule has 4 nitrogen and oxygen atoms in total. The molecule has 0 spiro atoms. The Morgan fingerprint density at radius 1 is 0.963 bits per heavy atom. The smallest absolute Gasteiger partial charge is 0.268 e. The van der Waals surface area contributed by atoms with Crippen molar-refractivity contribution in [1.29, 1.82) is 0 Å². The van der Waals surface area contributed by atoms with Crippen LogP contribution in [0.4, 0.5) is 0 Å². The number of thioether (sulfide) groups is 1. The number of nitrogens with zero attached hydrogens (tertiary/aromatic N) is 1. The number of ether oxygens (including phenoxy) is 1. The third-order valence-electron chi connectivity index (χ3n) is 4.11. The van der Waals surface area contributed by atoms with Crippen molar-refractivity contribution in [2.75, 3.05) is 5.75 Å². The topological polar surface area (TPSA) is 46.6 Å². The molecule has 1 aliphatic heterocycles. The largest absolute Gasteiger partial charge is 0.491 e. The van der Waals surface area contributed by atoms with Crippen molar-refractivity contribution in [3.63, 3.8) is 0 Å². The summed E-state index contributed by atoms with van der Waals surface area (Å²) in [5.74, 6) is 1.02. The standard InChI is InChI=1S/C22H23NO3S/c1-4-27-20-19(17-10-12-18(13-11-17)26-15(2)3)21(24)23(22(20)25)14-16-8-6-5-7-9-16/h5-13,15H,4,14H2,1-3H3. The third-order valence-corrected chi connectivity index (χ3v) is 5.07. The minimum Gasteiger partial charge on any atom is -0.491 e. The summed E-state index contributed by atoms with van der Waals surface area (Å²) < 4.78 is 5.67. The Morgan fingerprint density at radius 2 is 1.63 bits per heavy atom. The van der Waals surface area contributed by atoms with E-state index in [1.54, 1.807) is 0 Å². The minimum atomic E-state index is -0.239. The molecule has 2 amide bonds. The number of rotatable bonds is 7. The summed E-state index contributed by atoms with van der Waals surface area (Å²) in [5.41, 5.74) is 2.16. The number of carbonyl (C=O) groups excluding carboxylic acids is 2. The van der Waals surface area contributed by atoms with Crippen LogP contribution in [0.3, 0.4) is 0 Å². The predicted octanol–water partition coefficient (Wildman–Crippen LogP) is 4.51. The van der Waals surface area contributed by atoms with Crippen LogP contribution >= 0.6 is 11.8 Å². The van der Waals surface area contributed by atoms with Gasteiger partial charge in [-0.1, -0.05) is 49.4 Å². The second-order valence-corrected chi connectivity index (χ2v) is 7.78. The Labute approximate surface area is 164 Å². The number of hydrogen-bond donors (Lipinski definition) is 0. The molecule has 0 aromatic heterocycles. The van der Waals surface area contributed by atoms with Gasteiger partial charge in [-0.15, -0.1) is 11.8 Å². The van der Waals surface area contributed by atoms with E-state index >= 15 is 0 Å². The summed E-state index contributed by atoms with van der Waals surface area (Å²) in [7, 11) is 0. The van der Waals surface area contributed by atoms with Gasteiger partial charge >= 0.3 is 0 Å². The number of amides is 2. The lowest BCUT2D eigenvalue weighted by atomic mass is 10.1. The first kappa shape index (κ1) is 19.2. The molecule has 0 atom stereocenters. The highest BCUT2D eigenvalue weighted by molar-refractivity contribution is 8.04. The van der Waals surface area contributed by atoms with Gasteiger partial charge in [0.15, 0.2) is 0 Å². The summed E-state index contributed by atoms with van der Waals surface area (Å²) in [6, 6.07) is 16.9. The summed E-state index contributed by atoms with van der Waals surface area (Å²) >= 11 is 1.42. The second-order valence-electron chi connectivity index (χ2n) is 6.51. The van der Waals surface area contributed by atoms with Crippen LogP contribution in [-0.2, 0) is 16.1 Å². The number of hydrogen-bond acceptors (Lipinski definition) is 4. The Morgan fingerprint density at radius 3 is 2.22 bits per heavy atom. The van der Waals surface area contributed by atoms with Crippen LogP contribution in [0.15, 0.2) is 59.5 Å². The monoisotopic (exact) mass is 381 g/mol. The molecular formula is C22H23NO3S. The molecule has 0 radical (unpaired) electrons. The lowest BCUT2D eigenvalue weighted by Gasteiger charge is -2.15. The fraction of sp³-hybridized carbons (Fsp3) is 0.273. The molecule has 0 fully saturated rings. The lowest BCUT2D eigenvalue weighted by Crippen LogP contribution is -2.30. The van der Waals surface area contributed by atoms with E-state index in [0.717, 1.165) is 22.6 Å². The molecule has 0 bridgehead atoms. The molecule has 1 aliphatic rings. The summed E-state index contributed by atoms with van der Waals surface area (Å²) in [5, 5.41) is 0. The average molecular weight is 381 g/mol. The lowest BCUT2D eigenvalue weighted by molar-refractivity contribution is -0.137. The van der Waals surface area contributed by atoms with E-state index in [1.807, 2.05) is 75.4 Å². The van der Waals surface area contributed by atoms with E-state index in [2.05, 4.69) is 0 Å². The average Bonchev–Trinajstić information content (AvgIpc) is 2.88. The van der Waals surface area contributed by atoms with Crippen molar-refractivity contribution in [3.8, 4) is 5.75 Å². The van der Waals surface area contributed by atoms with Crippen LogP contribution in [0.5, 0.6) is 5.75 Å². The van der Waals surface area contributed by atoms with E-state index in [1.165, 1.54) is 16.7 Å². The second kappa shape index (κ2) is 8.44. The maximum Gasteiger partial charge on any atom is 0.268 e. The Kier molecular flexibility index (Phi) is 6.01. The van der Waals surface area contributed by atoms with Crippen LogP contribution in [-0.4, -0.2) is 28.6 Å². The SMILES string of the molecule is CCSC1=C(c2ccc(OC(C)C)cc2)C(=O)N(Cc2ccccc2)C1=O. The molecule has 0 unspecified atom stereocenters. The van der Waals surface area contributed by atoms with E-state index < -0.39 is 0 Å². The van der Waals surface area contributed by atoms with Gasteiger partial charge < -0.3 is 4.74 Å². The molecule has 5 heteroatoms. The molecule has 0 N–H and O–H groups in total. The highest BCUT2D eigenvalue weighted by Crippen LogP contribution is 2.37. The van der Waals surface area contributed by atoms with E-state index in [-0.39, 0.29) is 24.5 Å². The quantitative estimate of drug-likeness (QED) is 0.662. The minimum absolute atomic E-state index is 0.0809. The maximum atomic E-state index is 13.1. The van der Waals surface area contributed by atoms with Gasteiger partial charge in [0.05, 0.1) is 23.1 Å². The Bertz CT molecular complexity index is 857. The van der Waals surface area contributed by atoms with E-state index in [9.17, 15) is 9.59 Å². The first-order valence-corrected chi connectivity index (χ1v) is 10.0. The van der Waals surface area contributed by atoms with Crippen LogP contribution < -0.4 is 4.74 Å². The Balaban J connectivity index is 1.91. The number of imide groups is 1. The molecule has 0 saturated heterocycles. The van der Waals surface area contributed by atoms with Crippen LogP contribution in [0.1, 0.15) is 31.9 Å². The van der Waals surface area contributed by atoms with Gasteiger partial charge in [-0.25, -0.2) is 0 Å². The van der Waals surface area contributed by atoms with Crippen LogP contribution in [0, 0.1) is 0 Å². The zero-order valence-corrected chi connectivity index (χ0v) is 16.6. The third kappa shape index (κ3) is 4.25. The van der Waals surface area contributed by atoms with Crippen molar-refractivity contribution in [2.45, 2.75) is 33.4 Å². The highest BCUT2D eigenvalue weighted by Gasteiger charge is 2.38. The predicted molar refractivity (Wildman–Crippen MR) is 109 cm³/mol. The van der Waals surface area contributed by atoms with E-state index in [4.69, 9.17) is 4.74 Å². The summed E-state index contributed by atoms with van der Waals surface area (Å²) in [4.78, 5) is 27.8. The Hall–Kier alpha value is -2.53. The van der Waals surface area contributed by atoms with Crippen molar-refractivity contribution in [2.24, 2.45) is 0 Å². The van der Waals surface area contributed by atoms with Gasteiger partial charge in [-0.3, -0.25) is 14.5 Å². The molecule has 140 valence electrons. The molecule has 1 heterocycles. The summed E-state index contributed by atoms with van der Waals surface area (Å²) in [6.45, 7) is 6.19. The summed E-state index contributed by atoms with van der Waals surface area (Å²) in [6.07, 6.45) is 0.0809.